The largest absolute Gasteiger partial charge is 0.465 e. The van der Waals surface area contributed by atoms with Gasteiger partial charge in [0.2, 0.25) is 0 Å². The van der Waals surface area contributed by atoms with Gasteiger partial charge in [0.1, 0.15) is 0 Å². The highest BCUT2D eigenvalue weighted by Gasteiger charge is 2.58. The first-order valence-electron chi connectivity index (χ1n) is 7.62. The van der Waals surface area contributed by atoms with Crippen LogP contribution in [0.4, 0.5) is 0 Å². The molecule has 1 aromatic carbocycles. The van der Waals surface area contributed by atoms with Crippen molar-refractivity contribution in [3.05, 3.63) is 54.1 Å². The van der Waals surface area contributed by atoms with Crippen LogP contribution in [0.2, 0.25) is 5.82 Å². The Kier molecular flexibility index (Phi) is 3.38. The van der Waals surface area contributed by atoms with E-state index < -0.39 is 0 Å². The molecule has 1 unspecified atom stereocenters. The molecular formula is C18H23BO2. The summed E-state index contributed by atoms with van der Waals surface area (Å²) in [5.74, 6) is 0.360. The van der Waals surface area contributed by atoms with Gasteiger partial charge in [-0.3, -0.25) is 0 Å². The Hall–Kier alpha value is -1.32. The summed E-state index contributed by atoms with van der Waals surface area (Å²) < 4.78 is 12.3. The van der Waals surface area contributed by atoms with Crippen LogP contribution in [0.25, 0.3) is 5.57 Å². The average molecular weight is 282 g/mol. The second-order valence-corrected chi connectivity index (χ2v) is 6.94. The van der Waals surface area contributed by atoms with E-state index in [2.05, 4.69) is 58.5 Å². The van der Waals surface area contributed by atoms with Crippen molar-refractivity contribution in [2.75, 3.05) is 0 Å². The van der Waals surface area contributed by atoms with Gasteiger partial charge in [-0.1, -0.05) is 48.6 Å². The van der Waals surface area contributed by atoms with Crippen molar-refractivity contribution in [1.82, 2.24) is 0 Å². The van der Waals surface area contributed by atoms with E-state index in [0.29, 0.717) is 5.82 Å². The molecule has 0 spiro atoms. The van der Waals surface area contributed by atoms with Crippen LogP contribution in [0.1, 0.15) is 39.7 Å². The maximum Gasteiger partial charge on any atom is 0.465 e. The van der Waals surface area contributed by atoms with Gasteiger partial charge >= 0.3 is 7.12 Å². The second kappa shape index (κ2) is 4.86. The lowest BCUT2D eigenvalue weighted by Crippen LogP contribution is -2.41. The Labute approximate surface area is 128 Å². The monoisotopic (exact) mass is 282 g/mol. The summed E-state index contributed by atoms with van der Waals surface area (Å²) in [7, 11) is -0.135. The molecule has 1 aliphatic heterocycles. The third-order valence-corrected chi connectivity index (χ3v) is 4.96. The van der Waals surface area contributed by atoms with Gasteiger partial charge in [-0.15, -0.1) is 0 Å². The van der Waals surface area contributed by atoms with Crippen LogP contribution < -0.4 is 0 Å². The van der Waals surface area contributed by atoms with Crippen molar-refractivity contribution in [2.24, 2.45) is 0 Å². The minimum Gasteiger partial charge on any atom is -0.403 e. The zero-order valence-electron chi connectivity index (χ0n) is 13.3. The van der Waals surface area contributed by atoms with Crippen LogP contribution in [-0.4, -0.2) is 18.3 Å². The normalized spacial score (nSPS) is 28.4. The maximum atomic E-state index is 6.16. The third kappa shape index (κ3) is 2.49. The summed E-state index contributed by atoms with van der Waals surface area (Å²) >= 11 is 0. The lowest BCUT2D eigenvalue weighted by atomic mass is 9.81. The number of rotatable bonds is 3. The topological polar surface area (TPSA) is 18.5 Å². The van der Waals surface area contributed by atoms with E-state index in [-0.39, 0.29) is 18.3 Å². The molecule has 110 valence electrons. The van der Waals surface area contributed by atoms with Gasteiger partial charge in [-0.2, -0.15) is 0 Å². The van der Waals surface area contributed by atoms with E-state index in [0.717, 1.165) is 6.42 Å². The quantitative estimate of drug-likeness (QED) is 0.760. The summed E-state index contributed by atoms with van der Waals surface area (Å²) in [4.78, 5) is 0. The third-order valence-electron chi connectivity index (χ3n) is 4.96. The molecule has 1 aliphatic carbocycles. The van der Waals surface area contributed by atoms with Crippen molar-refractivity contribution < 1.29 is 9.31 Å². The number of allylic oxidation sites excluding steroid dienone is 3. The maximum absolute atomic E-state index is 6.16. The molecule has 0 amide bonds. The summed E-state index contributed by atoms with van der Waals surface area (Å²) in [5.41, 5.74) is 3.34. The Bertz CT molecular complexity index is 570. The fourth-order valence-electron chi connectivity index (χ4n) is 2.85. The summed E-state index contributed by atoms with van der Waals surface area (Å²) in [6.45, 7) is 12.4. The van der Waals surface area contributed by atoms with Crippen LogP contribution in [0.15, 0.2) is 48.6 Å². The lowest BCUT2D eigenvalue weighted by molar-refractivity contribution is 0.00578. The molecule has 0 N–H and O–H groups in total. The van der Waals surface area contributed by atoms with Gasteiger partial charge in [0.15, 0.2) is 0 Å². The van der Waals surface area contributed by atoms with E-state index in [9.17, 15) is 0 Å². The highest BCUT2D eigenvalue weighted by molar-refractivity contribution is 6.50. The van der Waals surface area contributed by atoms with Crippen molar-refractivity contribution >= 4 is 12.7 Å². The smallest absolute Gasteiger partial charge is 0.403 e. The number of benzene rings is 1. The highest BCUT2D eigenvalue weighted by atomic mass is 16.7. The van der Waals surface area contributed by atoms with Gasteiger partial charge in [-0.05, 0) is 45.3 Å². The molecular weight excluding hydrogens is 259 g/mol. The minimum atomic E-state index is -0.257. The summed E-state index contributed by atoms with van der Waals surface area (Å²) in [6, 6.07) is 10.4. The summed E-state index contributed by atoms with van der Waals surface area (Å²) in [5, 5.41) is 0. The van der Waals surface area contributed by atoms with Gasteiger partial charge in [0, 0.05) is 5.82 Å². The molecule has 0 radical (unpaired) electrons. The molecule has 0 aromatic heterocycles. The van der Waals surface area contributed by atoms with E-state index in [4.69, 9.17) is 9.31 Å². The second-order valence-electron chi connectivity index (χ2n) is 6.94. The van der Waals surface area contributed by atoms with Gasteiger partial charge in [0.05, 0.1) is 11.2 Å². The molecule has 1 saturated heterocycles. The van der Waals surface area contributed by atoms with Crippen molar-refractivity contribution in [3.63, 3.8) is 0 Å². The van der Waals surface area contributed by atoms with Gasteiger partial charge < -0.3 is 9.31 Å². The molecule has 1 aromatic rings. The molecule has 3 rings (SSSR count). The lowest BCUT2D eigenvalue weighted by Gasteiger charge is -2.32. The first-order chi connectivity index (χ1) is 9.86. The van der Waals surface area contributed by atoms with Crippen LogP contribution in [0, 0.1) is 0 Å². The van der Waals surface area contributed by atoms with Crippen LogP contribution in [0.5, 0.6) is 0 Å². The predicted molar refractivity (Wildman–Crippen MR) is 88.0 cm³/mol. The number of hydrogen-bond donors (Lipinski definition) is 0. The first kappa shape index (κ1) is 14.6. The van der Waals surface area contributed by atoms with Crippen molar-refractivity contribution in [1.29, 1.82) is 0 Å². The predicted octanol–water partition coefficient (Wildman–Crippen LogP) is 4.49. The first-order valence-corrected chi connectivity index (χ1v) is 7.62. The molecule has 2 nitrogen and oxygen atoms in total. The standard InChI is InChI=1S/C18H23BO2/c1-6-14(13-10-8-7-9-11-13)15-12-16(15)19-20-17(2,3)18(4,5)21-19/h6-11,16H,1,12H2,2-5H3/b15-14-. The Morgan fingerprint density at radius 2 is 1.71 bits per heavy atom. The Morgan fingerprint density at radius 1 is 1.14 bits per heavy atom. The Balaban J connectivity index is 1.83. The molecule has 1 saturated carbocycles. The molecule has 0 bridgehead atoms. The Morgan fingerprint density at radius 3 is 2.24 bits per heavy atom. The van der Waals surface area contributed by atoms with Gasteiger partial charge in [-0.25, -0.2) is 0 Å². The number of hydrogen-bond acceptors (Lipinski definition) is 2. The van der Waals surface area contributed by atoms with Crippen LogP contribution in [0.3, 0.4) is 0 Å². The van der Waals surface area contributed by atoms with Crippen molar-refractivity contribution in [2.45, 2.75) is 51.1 Å². The SMILES string of the molecule is C=C/C(=C1\CC1B1OC(C)(C)C(C)(C)O1)c1ccccc1. The average Bonchev–Trinajstić information content (AvgIpc) is 3.15. The highest BCUT2D eigenvalue weighted by Crippen LogP contribution is 2.55. The zero-order chi connectivity index (χ0) is 15.3. The minimum absolute atomic E-state index is 0.135. The molecule has 1 heterocycles. The molecule has 2 aliphatic rings. The summed E-state index contributed by atoms with van der Waals surface area (Å²) in [6.07, 6.45) is 2.99. The fourth-order valence-corrected chi connectivity index (χ4v) is 2.85. The molecule has 1 atom stereocenters. The molecule has 2 fully saturated rings. The van der Waals surface area contributed by atoms with Crippen LogP contribution in [-0.2, 0) is 9.31 Å². The van der Waals surface area contributed by atoms with Crippen molar-refractivity contribution in [3.8, 4) is 0 Å². The zero-order valence-corrected chi connectivity index (χ0v) is 13.3. The molecule has 21 heavy (non-hydrogen) atoms. The van der Waals surface area contributed by atoms with E-state index >= 15 is 0 Å². The fraction of sp³-hybridized carbons (Fsp3) is 0.444. The van der Waals surface area contributed by atoms with E-state index in [1.54, 1.807) is 0 Å². The van der Waals surface area contributed by atoms with E-state index in [1.807, 2.05) is 12.1 Å². The van der Waals surface area contributed by atoms with Crippen LogP contribution >= 0.6 is 0 Å². The van der Waals surface area contributed by atoms with E-state index in [1.165, 1.54) is 16.7 Å². The molecule has 3 heteroatoms. The van der Waals surface area contributed by atoms with Gasteiger partial charge in [0.25, 0.3) is 0 Å².